The Morgan fingerprint density at radius 3 is 2.67 bits per heavy atom. The summed E-state index contributed by atoms with van der Waals surface area (Å²) in [6, 6.07) is 9.94. The van der Waals surface area contributed by atoms with Crippen LogP contribution in [-0.4, -0.2) is 8.42 Å². The molecular weight excluding hydrogens is 291 g/mol. The molecule has 0 aliphatic heterocycles. The molecule has 0 bridgehead atoms. The minimum atomic E-state index is -3.71. The van der Waals surface area contributed by atoms with E-state index in [4.69, 9.17) is 11.0 Å². The fourth-order valence-electron chi connectivity index (χ4n) is 2.04. The van der Waals surface area contributed by atoms with Crippen molar-refractivity contribution in [2.75, 3.05) is 5.73 Å². The molecule has 21 heavy (non-hydrogen) atoms. The predicted molar refractivity (Wildman–Crippen MR) is 77.6 cm³/mol. The standard InChI is InChI=1S/C15H13FN2O2S/c1-10-14(18)3-2-4-15(10)21(19,20)9-12-7-13(16)6-5-11(12)8-17/h2-7H,9,18H2,1H3. The number of rotatable bonds is 3. The quantitative estimate of drug-likeness (QED) is 0.883. The van der Waals surface area contributed by atoms with Gasteiger partial charge in [-0.3, -0.25) is 0 Å². The first kappa shape index (κ1) is 15.0. The summed E-state index contributed by atoms with van der Waals surface area (Å²) in [7, 11) is -3.71. The van der Waals surface area contributed by atoms with Gasteiger partial charge in [0.2, 0.25) is 0 Å². The van der Waals surface area contributed by atoms with Gasteiger partial charge in [-0.05, 0) is 48.4 Å². The van der Waals surface area contributed by atoms with Crippen molar-refractivity contribution in [1.29, 1.82) is 5.26 Å². The van der Waals surface area contributed by atoms with Crippen LogP contribution in [-0.2, 0) is 15.6 Å². The van der Waals surface area contributed by atoms with E-state index in [-0.39, 0.29) is 16.0 Å². The van der Waals surface area contributed by atoms with Crippen molar-refractivity contribution in [2.45, 2.75) is 17.6 Å². The molecule has 0 saturated heterocycles. The molecule has 0 radical (unpaired) electrons. The third kappa shape index (κ3) is 3.03. The van der Waals surface area contributed by atoms with Crippen LogP contribution in [0.5, 0.6) is 0 Å². The number of benzene rings is 2. The van der Waals surface area contributed by atoms with Gasteiger partial charge in [0.1, 0.15) is 5.82 Å². The van der Waals surface area contributed by atoms with E-state index in [1.165, 1.54) is 12.1 Å². The monoisotopic (exact) mass is 304 g/mol. The summed E-state index contributed by atoms with van der Waals surface area (Å²) < 4.78 is 38.2. The molecule has 0 saturated carbocycles. The van der Waals surface area contributed by atoms with Gasteiger partial charge in [0, 0.05) is 5.69 Å². The highest BCUT2D eigenvalue weighted by atomic mass is 32.2. The SMILES string of the molecule is Cc1c(N)cccc1S(=O)(=O)Cc1cc(F)ccc1C#N. The highest BCUT2D eigenvalue weighted by Crippen LogP contribution is 2.25. The third-order valence-corrected chi connectivity index (χ3v) is 5.00. The topological polar surface area (TPSA) is 84.0 Å². The van der Waals surface area contributed by atoms with Crippen molar-refractivity contribution in [3.05, 3.63) is 58.9 Å². The van der Waals surface area contributed by atoms with Crippen molar-refractivity contribution in [3.8, 4) is 6.07 Å². The van der Waals surface area contributed by atoms with Crippen molar-refractivity contribution in [3.63, 3.8) is 0 Å². The number of nitriles is 1. The highest BCUT2D eigenvalue weighted by molar-refractivity contribution is 7.90. The second-order valence-electron chi connectivity index (χ2n) is 4.64. The zero-order valence-corrected chi connectivity index (χ0v) is 12.1. The maximum Gasteiger partial charge on any atom is 0.182 e. The average molecular weight is 304 g/mol. The molecule has 2 rings (SSSR count). The Balaban J connectivity index is 2.50. The van der Waals surface area contributed by atoms with Crippen LogP contribution in [0.25, 0.3) is 0 Å². The van der Waals surface area contributed by atoms with Gasteiger partial charge >= 0.3 is 0 Å². The number of sulfone groups is 1. The van der Waals surface area contributed by atoms with Gasteiger partial charge in [0.15, 0.2) is 9.84 Å². The van der Waals surface area contributed by atoms with Crippen LogP contribution in [0.4, 0.5) is 10.1 Å². The highest BCUT2D eigenvalue weighted by Gasteiger charge is 2.20. The Hall–Kier alpha value is -2.39. The lowest BCUT2D eigenvalue weighted by Crippen LogP contribution is -2.09. The zero-order valence-electron chi connectivity index (χ0n) is 11.3. The Bertz CT molecular complexity index is 839. The molecule has 0 aromatic heterocycles. The Morgan fingerprint density at radius 1 is 1.29 bits per heavy atom. The summed E-state index contributed by atoms with van der Waals surface area (Å²) in [5.41, 5.74) is 6.82. The maximum atomic E-state index is 13.3. The molecule has 2 aromatic rings. The summed E-state index contributed by atoms with van der Waals surface area (Å²) in [4.78, 5) is 0.0932. The molecule has 0 unspecified atom stereocenters. The first-order chi connectivity index (χ1) is 9.85. The lowest BCUT2D eigenvalue weighted by Gasteiger charge is -2.10. The minimum Gasteiger partial charge on any atom is -0.398 e. The van der Waals surface area contributed by atoms with E-state index >= 15 is 0 Å². The summed E-state index contributed by atoms with van der Waals surface area (Å²) in [6.07, 6.45) is 0. The largest absolute Gasteiger partial charge is 0.398 e. The number of nitrogen functional groups attached to an aromatic ring is 1. The Kier molecular flexibility index (Phi) is 3.96. The number of nitrogens with two attached hydrogens (primary N) is 1. The molecule has 6 heteroatoms. The van der Waals surface area contributed by atoms with Crippen LogP contribution in [0.2, 0.25) is 0 Å². The molecule has 0 atom stereocenters. The second-order valence-corrected chi connectivity index (χ2v) is 6.60. The van der Waals surface area contributed by atoms with Gasteiger partial charge in [0.25, 0.3) is 0 Å². The number of halogens is 1. The van der Waals surface area contributed by atoms with E-state index in [9.17, 15) is 12.8 Å². The van der Waals surface area contributed by atoms with Crippen molar-refractivity contribution in [2.24, 2.45) is 0 Å². The predicted octanol–water partition coefficient (Wildman–Crippen LogP) is 2.56. The number of hydrogen-bond acceptors (Lipinski definition) is 4. The maximum absolute atomic E-state index is 13.3. The number of hydrogen-bond donors (Lipinski definition) is 1. The van der Waals surface area contributed by atoms with Crippen LogP contribution in [0.3, 0.4) is 0 Å². The van der Waals surface area contributed by atoms with Crippen LogP contribution in [0.15, 0.2) is 41.3 Å². The molecule has 4 nitrogen and oxygen atoms in total. The van der Waals surface area contributed by atoms with Gasteiger partial charge in [-0.2, -0.15) is 5.26 Å². The molecular formula is C15H13FN2O2S. The molecule has 0 aliphatic carbocycles. The lowest BCUT2D eigenvalue weighted by atomic mass is 10.1. The molecule has 2 aromatic carbocycles. The van der Waals surface area contributed by atoms with Gasteiger partial charge < -0.3 is 5.73 Å². The molecule has 0 spiro atoms. The minimum absolute atomic E-state index is 0.0932. The summed E-state index contributed by atoms with van der Waals surface area (Å²) >= 11 is 0. The van der Waals surface area contributed by atoms with Crippen LogP contribution >= 0.6 is 0 Å². The molecule has 2 N–H and O–H groups in total. The van der Waals surface area contributed by atoms with E-state index in [1.807, 2.05) is 6.07 Å². The van der Waals surface area contributed by atoms with E-state index in [1.54, 1.807) is 19.1 Å². The van der Waals surface area contributed by atoms with Crippen molar-refractivity contribution in [1.82, 2.24) is 0 Å². The third-order valence-electron chi connectivity index (χ3n) is 3.19. The molecule has 0 heterocycles. The number of anilines is 1. The van der Waals surface area contributed by atoms with E-state index in [0.717, 1.165) is 12.1 Å². The fraction of sp³-hybridized carbons (Fsp3) is 0.133. The summed E-state index contributed by atoms with van der Waals surface area (Å²) in [5.74, 6) is -1.03. The van der Waals surface area contributed by atoms with Crippen LogP contribution in [0.1, 0.15) is 16.7 Å². The van der Waals surface area contributed by atoms with Crippen molar-refractivity contribution < 1.29 is 12.8 Å². The first-order valence-corrected chi connectivity index (χ1v) is 7.77. The lowest BCUT2D eigenvalue weighted by molar-refractivity contribution is 0.594. The molecule has 108 valence electrons. The molecule has 0 fully saturated rings. The van der Waals surface area contributed by atoms with Gasteiger partial charge in [-0.15, -0.1) is 0 Å². The Morgan fingerprint density at radius 2 is 2.00 bits per heavy atom. The van der Waals surface area contributed by atoms with Crippen LogP contribution in [0, 0.1) is 24.1 Å². The number of nitrogens with zero attached hydrogens (tertiary/aromatic N) is 1. The molecule has 0 amide bonds. The van der Waals surface area contributed by atoms with Crippen LogP contribution < -0.4 is 5.73 Å². The average Bonchev–Trinajstić information content (AvgIpc) is 2.41. The van der Waals surface area contributed by atoms with Crippen molar-refractivity contribution >= 4 is 15.5 Å². The summed E-state index contributed by atoms with van der Waals surface area (Å²) in [6.45, 7) is 1.61. The Labute approximate surface area is 122 Å². The fourth-order valence-corrected chi connectivity index (χ4v) is 3.72. The zero-order chi connectivity index (χ0) is 15.6. The van der Waals surface area contributed by atoms with Gasteiger partial charge in [0.05, 0.1) is 22.3 Å². The van der Waals surface area contributed by atoms with Gasteiger partial charge in [-0.25, -0.2) is 12.8 Å². The van der Waals surface area contributed by atoms with E-state index < -0.39 is 21.4 Å². The smallest absolute Gasteiger partial charge is 0.182 e. The van der Waals surface area contributed by atoms with E-state index in [2.05, 4.69) is 0 Å². The normalized spacial score (nSPS) is 11.1. The first-order valence-electron chi connectivity index (χ1n) is 6.11. The summed E-state index contributed by atoms with van der Waals surface area (Å²) in [5, 5.41) is 8.99. The second kappa shape index (κ2) is 5.54. The van der Waals surface area contributed by atoms with E-state index in [0.29, 0.717) is 11.3 Å². The van der Waals surface area contributed by atoms with Gasteiger partial charge in [-0.1, -0.05) is 6.07 Å². The molecule has 0 aliphatic rings.